The number of benzene rings is 1. The summed E-state index contributed by atoms with van der Waals surface area (Å²) in [6.45, 7) is 0. The molecule has 3 aromatic heterocycles. The minimum absolute atomic E-state index is 0.0265. The van der Waals surface area contributed by atoms with E-state index in [1.807, 2.05) is 30.3 Å². The molecule has 136 valence electrons. The van der Waals surface area contributed by atoms with Crippen LogP contribution in [0.4, 0.5) is 0 Å². The molecule has 1 aliphatic rings. The second-order valence-electron chi connectivity index (χ2n) is 6.62. The summed E-state index contributed by atoms with van der Waals surface area (Å²) < 4.78 is 7.90. The maximum Gasteiger partial charge on any atom is 0.208 e. The predicted octanol–water partition coefficient (Wildman–Crippen LogP) is 4.99. The Balaban J connectivity index is 1.33. The highest BCUT2D eigenvalue weighted by molar-refractivity contribution is 7.99. The van der Waals surface area contributed by atoms with Gasteiger partial charge in [-0.15, -0.1) is 21.5 Å². The molecular weight excluding hydrogens is 378 g/mol. The maximum absolute atomic E-state index is 12.6. The van der Waals surface area contributed by atoms with E-state index in [1.54, 1.807) is 11.3 Å². The van der Waals surface area contributed by atoms with Crippen molar-refractivity contribution in [1.29, 1.82) is 0 Å². The number of rotatable bonds is 7. The molecule has 0 amide bonds. The SMILES string of the molecule is O=C(CSc1nnc(Cc2cccs2)n1C1CC1)c1cc2ccccc2o1. The van der Waals surface area contributed by atoms with Crippen LogP contribution >= 0.6 is 23.1 Å². The van der Waals surface area contributed by atoms with Gasteiger partial charge in [0.05, 0.1) is 5.75 Å². The van der Waals surface area contributed by atoms with Crippen molar-refractivity contribution in [1.82, 2.24) is 14.8 Å². The molecule has 0 bridgehead atoms. The first-order chi connectivity index (χ1) is 13.3. The predicted molar refractivity (Wildman–Crippen MR) is 107 cm³/mol. The zero-order valence-corrected chi connectivity index (χ0v) is 16.1. The summed E-state index contributed by atoms with van der Waals surface area (Å²) in [5.74, 6) is 1.66. The lowest BCUT2D eigenvalue weighted by Crippen LogP contribution is -2.06. The highest BCUT2D eigenvalue weighted by Crippen LogP contribution is 2.39. The standard InChI is InChI=1S/C20H17N3O2S2/c24-16(18-10-13-4-1-2-6-17(13)25-18)12-27-20-22-21-19(23(20)14-7-8-14)11-15-5-3-9-26-15/h1-6,9-10,14H,7-8,11-12H2. The zero-order valence-electron chi connectivity index (χ0n) is 14.5. The fraction of sp³-hybridized carbons (Fsp3) is 0.250. The van der Waals surface area contributed by atoms with E-state index in [2.05, 4.69) is 32.3 Å². The molecule has 0 saturated heterocycles. The molecule has 3 heterocycles. The fourth-order valence-electron chi connectivity index (χ4n) is 3.12. The van der Waals surface area contributed by atoms with Crippen LogP contribution in [0.1, 0.15) is 40.1 Å². The average Bonchev–Trinajstić information content (AvgIpc) is 3.10. The van der Waals surface area contributed by atoms with Crippen LogP contribution in [0.25, 0.3) is 11.0 Å². The van der Waals surface area contributed by atoms with Gasteiger partial charge in [-0.3, -0.25) is 4.79 Å². The Morgan fingerprint density at radius 2 is 2.11 bits per heavy atom. The first kappa shape index (κ1) is 16.8. The molecule has 0 atom stereocenters. The number of Topliss-reactive ketones (excluding diaryl/α,β-unsaturated/α-hetero) is 1. The molecule has 0 radical (unpaired) electrons. The van der Waals surface area contributed by atoms with Crippen molar-refractivity contribution in [3.63, 3.8) is 0 Å². The lowest BCUT2D eigenvalue weighted by atomic mass is 10.2. The Hall–Kier alpha value is -2.38. The molecule has 0 unspecified atom stereocenters. The number of thiophene rings is 1. The Labute approximate surface area is 164 Å². The Morgan fingerprint density at radius 1 is 1.22 bits per heavy atom. The van der Waals surface area contributed by atoms with Crippen LogP contribution in [0.15, 0.2) is 57.4 Å². The number of hydrogen-bond acceptors (Lipinski definition) is 6. The van der Waals surface area contributed by atoms with E-state index in [0.717, 1.165) is 41.2 Å². The van der Waals surface area contributed by atoms with Crippen molar-refractivity contribution < 1.29 is 9.21 Å². The van der Waals surface area contributed by atoms with Gasteiger partial charge in [0.1, 0.15) is 11.4 Å². The van der Waals surface area contributed by atoms with E-state index in [9.17, 15) is 4.79 Å². The molecule has 1 saturated carbocycles. The summed E-state index contributed by atoms with van der Waals surface area (Å²) in [6.07, 6.45) is 3.10. The molecule has 27 heavy (non-hydrogen) atoms. The van der Waals surface area contributed by atoms with Crippen LogP contribution in [0.2, 0.25) is 0 Å². The third kappa shape index (κ3) is 3.44. The van der Waals surface area contributed by atoms with Crippen LogP contribution in [0.3, 0.4) is 0 Å². The number of carbonyl (C=O) groups is 1. The smallest absolute Gasteiger partial charge is 0.208 e. The number of thioether (sulfide) groups is 1. The van der Waals surface area contributed by atoms with Gasteiger partial charge in [-0.1, -0.05) is 36.0 Å². The fourth-order valence-corrected chi connectivity index (χ4v) is 4.71. The van der Waals surface area contributed by atoms with E-state index in [4.69, 9.17) is 4.42 Å². The second-order valence-corrected chi connectivity index (χ2v) is 8.59. The molecule has 5 rings (SSSR count). The van der Waals surface area contributed by atoms with E-state index < -0.39 is 0 Å². The van der Waals surface area contributed by atoms with Gasteiger partial charge in [0.15, 0.2) is 10.9 Å². The van der Waals surface area contributed by atoms with Gasteiger partial charge in [0, 0.05) is 22.7 Å². The van der Waals surface area contributed by atoms with Gasteiger partial charge in [-0.25, -0.2) is 0 Å². The van der Waals surface area contributed by atoms with Crippen LogP contribution in [-0.4, -0.2) is 26.3 Å². The number of ketones is 1. The second kappa shape index (κ2) is 6.98. The van der Waals surface area contributed by atoms with Gasteiger partial charge < -0.3 is 8.98 Å². The number of furan rings is 1. The summed E-state index contributed by atoms with van der Waals surface area (Å²) >= 11 is 3.18. The molecular formula is C20H17N3O2S2. The summed E-state index contributed by atoms with van der Waals surface area (Å²) in [6, 6.07) is 14.1. The van der Waals surface area contributed by atoms with Crippen molar-refractivity contribution in [3.05, 3.63) is 64.3 Å². The van der Waals surface area contributed by atoms with Crippen LogP contribution in [0.5, 0.6) is 0 Å². The lowest BCUT2D eigenvalue weighted by Gasteiger charge is -2.07. The van der Waals surface area contributed by atoms with E-state index in [0.29, 0.717) is 17.6 Å². The number of fused-ring (bicyclic) bond motifs is 1. The topological polar surface area (TPSA) is 60.9 Å². The van der Waals surface area contributed by atoms with E-state index in [-0.39, 0.29) is 5.78 Å². The van der Waals surface area contributed by atoms with Crippen LogP contribution in [-0.2, 0) is 6.42 Å². The van der Waals surface area contributed by atoms with Crippen LogP contribution < -0.4 is 0 Å². The summed E-state index contributed by atoms with van der Waals surface area (Å²) in [4.78, 5) is 13.9. The molecule has 0 N–H and O–H groups in total. The first-order valence-corrected chi connectivity index (χ1v) is 10.8. The number of para-hydroxylation sites is 1. The average molecular weight is 396 g/mol. The molecule has 0 spiro atoms. The van der Waals surface area contributed by atoms with E-state index in [1.165, 1.54) is 16.6 Å². The Morgan fingerprint density at radius 3 is 2.89 bits per heavy atom. The minimum atomic E-state index is -0.0265. The lowest BCUT2D eigenvalue weighted by molar-refractivity contribution is 0.0994. The van der Waals surface area contributed by atoms with Gasteiger partial charge in [0.25, 0.3) is 0 Å². The largest absolute Gasteiger partial charge is 0.453 e. The third-order valence-electron chi connectivity index (χ3n) is 4.59. The zero-order chi connectivity index (χ0) is 18.2. The molecule has 1 aliphatic carbocycles. The Bertz CT molecular complexity index is 1060. The van der Waals surface area contributed by atoms with Gasteiger partial charge in [-0.05, 0) is 36.4 Å². The van der Waals surface area contributed by atoms with E-state index >= 15 is 0 Å². The first-order valence-electron chi connectivity index (χ1n) is 8.88. The van der Waals surface area contributed by atoms with Crippen molar-refractivity contribution in [3.8, 4) is 0 Å². The highest BCUT2D eigenvalue weighted by atomic mass is 32.2. The number of carbonyl (C=O) groups excluding carboxylic acids is 1. The number of hydrogen-bond donors (Lipinski definition) is 0. The molecule has 0 aliphatic heterocycles. The van der Waals surface area contributed by atoms with Crippen molar-refractivity contribution in [2.24, 2.45) is 0 Å². The quantitative estimate of drug-likeness (QED) is 0.326. The molecule has 7 heteroatoms. The highest BCUT2D eigenvalue weighted by Gasteiger charge is 2.30. The van der Waals surface area contributed by atoms with Gasteiger partial charge in [-0.2, -0.15) is 0 Å². The monoisotopic (exact) mass is 395 g/mol. The normalized spacial score (nSPS) is 14.1. The van der Waals surface area contributed by atoms with Crippen LogP contribution in [0, 0.1) is 0 Å². The van der Waals surface area contributed by atoms with Crippen molar-refractivity contribution in [2.45, 2.75) is 30.5 Å². The third-order valence-corrected chi connectivity index (χ3v) is 6.41. The summed E-state index contributed by atoms with van der Waals surface area (Å²) in [5, 5.41) is 12.6. The maximum atomic E-state index is 12.6. The molecule has 1 aromatic carbocycles. The molecule has 5 nitrogen and oxygen atoms in total. The Kier molecular flexibility index (Phi) is 4.33. The van der Waals surface area contributed by atoms with Gasteiger partial charge in [0.2, 0.25) is 5.78 Å². The molecule has 4 aromatic rings. The number of nitrogens with zero attached hydrogens (tertiary/aromatic N) is 3. The molecule has 1 fully saturated rings. The summed E-state index contributed by atoms with van der Waals surface area (Å²) in [7, 11) is 0. The van der Waals surface area contributed by atoms with Crippen molar-refractivity contribution in [2.75, 3.05) is 5.75 Å². The van der Waals surface area contributed by atoms with Gasteiger partial charge >= 0.3 is 0 Å². The van der Waals surface area contributed by atoms with Crippen molar-refractivity contribution >= 4 is 39.9 Å². The minimum Gasteiger partial charge on any atom is -0.453 e. The number of aromatic nitrogens is 3. The summed E-state index contributed by atoms with van der Waals surface area (Å²) in [5.41, 5.74) is 0.741.